The summed E-state index contributed by atoms with van der Waals surface area (Å²) < 4.78 is 13.6. The van der Waals surface area contributed by atoms with Crippen LogP contribution in [0.5, 0.6) is 5.75 Å². The van der Waals surface area contributed by atoms with Gasteiger partial charge < -0.3 is 16.2 Å². The normalized spacial score (nSPS) is 10.2. The number of para-hydroxylation sites is 1. The molecule has 2 rings (SSSR count). The Hall–Kier alpha value is -2.56. The van der Waals surface area contributed by atoms with Crippen LogP contribution < -0.4 is 11.1 Å². The van der Waals surface area contributed by atoms with E-state index in [0.29, 0.717) is 11.4 Å². The summed E-state index contributed by atoms with van der Waals surface area (Å²) in [6, 6.07) is 8.83. The van der Waals surface area contributed by atoms with Gasteiger partial charge in [0.1, 0.15) is 17.1 Å². The first-order chi connectivity index (χ1) is 9.00. The zero-order chi connectivity index (χ0) is 14.0. The fourth-order valence-electron chi connectivity index (χ4n) is 1.77. The van der Waals surface area contributed by atoms with Gasteiger partial charge in [0.05, 0.1) is 11.4 Å². The maximum Gasteiger partial charge on any atom is 0.262 e. The molecule has 0 fully saturated rings. The minimum absolute atomic E-state index is 0.379. The Balaban J connectivity index is 2.37. The number of aromatic hydroxyl groups is 1. The van der Waals surface area contributed by atoms with Crippen molar-refractivity contribution >= 4 is 17.3 Å². The van der Waals surface area contributed by atoms with E-state index in [4.69, 9.17) is 5.73 Å². The summed E-state index contributed by atoms with van der Waals surface area (Å²) >= 11 is 0. The number of phenols is 1. The summed E-state index contributed by atoms with van der Waals surface area (Å²) in [5.41, 5.74) is 6.90. The molecule has 2 aromatic carbocycles. The van der Waals surface area contributed by atoms with Crippen LogP contribution in [0.4, 0.5) is 15.8 Å². The van der Waals surface area contributed by atoms with Crippen molar-refractivity contribution in [3.8, 4) is 5.75 Å². The minimum Gasteiger partial charge on any atom is -0.507 e. The van der Waals surface area contributed by atoms with E-state index in [2.05, 4.69) is 5.32 Å². The Labute approximate surface area is 109 Å². The molecule has 0 aliphatic carbocycles. The number of hydrogen-bond acceptors (Lipinski definition) is 3. The number of aryl methyl sites for hydroxylation is 1. The number of anilines is 2. The summed E-state index contributed by atoms with van der Waals surface area (Å²) in [5, 5.41) is 12.1. The van der Waals surface area contributed by atoms with Crippen molar-refractivity contribution in [3.63, 3.8) is 0 Å². The number of nitrogens with one attached hydrogen (secondary N) is 1. The van der Waals surface area contributed by atoms with Gasteiger partial charge in [0.2, 0.25) is 0 Å². The SMILES string of the molecule is Cc1cccc(N)c1NC(=O)c1c(O)cccc1F. The number of nitrogens with two attached hydrogens (primary N) is 1. The maximum atomic E-state index is 13.6. The highest BCUT2D eigenvalue weighted by molar-refractivity contribution is 6.08. The van der Waals surface area contributed by atoms with Crippen LogP contribution in [0, 0.1) is 12.7 Å². The molecule has 0 saturated heterocycles. The van der Waals surface area contributed by atoms with E-state index in [-0.39, 0.29) is 0 Å². The second-order valence-electron chi connectivity index (χ2n) is 4.13. The van der Waals surface area contributed by atoms with Crippen LogP contribution in [-0.2, 0) is 0 Å². The maximum absolute atomic E-state index is 13.6. The molecular weight excluding hydrogens is 247 g/mol. The van der Waals surface area contributed by atoms with Gasteiger partial charge in [-0.25, -0.2) is 4.39 Å². The summed E-state index contributed by atoms with van der Waals surface area (Å²) in [5.74, 6) is -1.94. The monoisotopic (exact) mass is 260 g/mol. The van der Waals surface area contributed by atoms with E-state index in [0.717, 1.165) is 11.6 Å². The fourth-order valence-corrected chi connectivity index (χ4v) is 1.77. The largest absolute Gasteiger partial charge is 0.507 e. The van der Waals surface area contributed by atoms with E-state index < -0.39 is 23.0 Å². The van der Waals surface area contributed by atoms with Crippen LogP contribution in [0.2, 0.25) is 0 Å². The predicted octanol–water partition coefficient (Wildman–Crippen LogP) is 2.67. The number of amides is 1. The zero-order valence-corrected chi connectivity index (χ0v) is 10.3. The molecule has 0 unspecified atom stereocenters. The molecule has 0 heterocycles. The Morgan fingerprint density at radius 3 is 2.58 bits per heavy atom. The molecule has 0 atom stereocenters. The second kappa shape index (κ2) is 4.97. The Morgan fingerprint density at radius 2 is 1.95 bits per heavy atom. The number of phenolic OH excluding ortho intramolecular Hbond substituents is 1. The van der Waals surface area contributed by atoms with Crippen LogP contribution in [0.3, 0.4) is 0 Å². The van der Waals surface area contributed by atoms with Crippen molar-refractivity contribution < 1.29 is 14.3 Å². The molecular formula is C14H13FN2O2. The first-order valence-electron chi connectivity index (χ1n) is 5.64. The lowest BCUT2D eigenvalue weighted by Gasteiger charge is -2.12. The van der Waals surface area contributed by atoms with Gasteiger partial charge in [0, 0.05) is 0 Å². The number of halogens is 1. The quantitative estimate of drug-likeness (QED) is 0.727. The zero-order valence-electron chi connectivity index (χ0n) is 10.3. The van der Waals surface area contributed by atoms with E-state index in [1.54, 1.807) is 25.1 Å². The summed E-state index contributed by atoms with van der Waals surface area (Å²) in [7, 11) is 0. The molecule has 0 aliphatic rings. The summed E-state index contributed by atoms with van der Waals surface area (Å²) in [4.78, 5) is 12.0. The van der Waals surface area contributed by atoms with E-state index in [1.807, 2.05) is 0 Å². The van der Waals surface area contributed by atoms with Crippen LogP contribution in [0.25, 0.3) is 0 Å². The third-order valence-corrected chi connectivity index (χ3v) is 2.76. The van der Waals surface area contributed by atoms with Gasteiger partial charge in [-0.15, -0.1) is 0 Å². The second-order valence-corrected chi connectivity index (χ2v) is 4.13. The summed E-state index contributed by atoms with van der Waals surface area (Å²) in [6.45, 7) is 1.77. The number of carbonyl (C=O) groups is 1. The molecule has 5 heteroatoms. The van der Waals surface area contributed by atoms with Crippen molar-refractivity contribution in [1.82, 2.24) is 0 Å². The smallest absolute Gasteiger partial charge is 0.262 e. The average Bonchev–Trinajstić information content (AvgIpc) is 2.34. The molecule has 0 aromatic heterocycles. The van der Waals surface area contributed by atoms with Gasteiger partial charge in [-0.3, -0.25) is 4.79 Å². The van der Waals surface area contributed by atoms with Gasteiger partial charge in [-0.2, -0.15) is 0 Å². The molecule has 98 valence electrons. The first kappa shape index (κ1) is 12.9. The Kier molecular flexibility index (Phi) is 3.37. The average molecular weight is 260 g/mol. The Morgan fingerprint density at radius 1 is 1.26 bits per heavy atom. The van der Waals surface area contributed by atoms with Crippen molar-refractivity contribution in [1.29, 1.82) is 0 Å². The predicted molar refractivity (Wildman–Crippen MR) is 71.6 cm³/mol. The lowest BCUT2D eigenvalue weighted by molar-refractivity contribution is 0.102. The fraction of sp³-hybridized carbons (Fsp3) is 0.0714. The van der Waals surface area contributed by atoms with Crippen molar-refractivity contribution in [2.24, 2.45) is 0 Å². The number of nitrogen functional groups attached to an aromatic ring is 1. The molecule has 0 aliphatic heterocycles. The molecule has 0 bridgehead atoms. The lowest BCUT2D eigenvalue weighted by atomic mass is 10.1. The van der Waals surface area contributed by atoms with Gasteiger partial charge in [0.25, 0.3) is 5.91 Å². The molecule has 0 radical (unpaired) electrons. The highest BCUT2D eigenvalue weighted by atomic mass is 19.1. The Bertz CT molecular complexity index is 601. The van der Waals surface area contributed by atoms with Crippen molar-refractivity contribution in [2.75, 3.05) is 11.1 Å². The third kappa shape index (κ3) is 2.49. The number of benzene rings is 2. The van der Waals surface area contributed by atoms with Crippen LogP contribution in [0.1, 0.15) is 15.9 Å². The van der Waals surface area contributed by atoms with Crippen LogP contribution >= 0.6 is 0 Å². The molecule has 4 N–H and O–H groups in total. The topological polar surface area (TPSA) is 75.3 Å². The molecule has 0 saturated carbocycles. The van der Waals surface area contributed by atoms with Gasteiger partial charge >= 0.3 is 0 Å². The molecule has 0 spiro atoms. The molecule has 2 aromatic rings. The summed E-state index contributed by atoms with van der Waals surface area (Å²) in [6.07, 6.45) is 0. The number of hydrogen-bond donors (Lipinski definition) is 3. The van der Waals surface area contributed by atoms with Crippen molar-refractivity contribution in [3.05, 3.63) is 53.3 Å². The van der Waals surface area contributed by atoms with Gasteiger partial charge in [0.15, 0.2) is 0 Å². The lowest BCUT2D eigenvalue weighted by Crippen LogP contribution is -2.16. The molecule has 19 heavy (non-hydrogen) atoms. The van der Waals surface area contributed by atoms with Crippen LogP contribution in [0.15, 0.2) is 36.4 Å². The van der Waals surface area contributed by atoms with E-state index in [9.17, 15) is 14.3 Å². The first-order valence-corrected chi connectivity index (χ1v) is 5.64. The molecule has 4 nitrogen and oxygen atoms in total. The van der Waals surface area contributed by atoms with E-state index >= 15 is 0 Å². The van der Waals surface area contributed by atoms with E-state index in [1.165, 1.54) is 12.1 Å². The highest BCUT2D eigenvalue weighted by Crippen LogP contribution is 2.26. The van der Waals surface area contributed by atoms with Crippen molar-refractivity contribution in [2.45, 2.75) is 6.92 Å². The van der Waals surface area contributed by atoms with Gasteiger partial charge in [-0.05, 0) is 30.7 Å². The highest BCUT2D eigenvalue weighted by Gasteiger charge is 2.18. The number of carbonyl (C=O) groups excluding carboxylic acids is 1. The third-order valence-electron chi connectivity index (χ3n) is 2.76. The molecule has 1 amide bonds. The minimum atomic E-state index is -0.787. The van der Waals surface area contributed by atoms with Gasteiger partial charge in [-0.1, -0.05) is 18.2 Å². The standard InChI is InChI=1S/C14H13FN2O2/c1-8-4-2-6-10(16)13(8)17-14(19)12-9(15)5-3-7-11(12)18/h2-7,18H,16H2,1H3,(H,17,19). The number of rotatable bonds is 2. The van der Waals surface area contributed by atoms with Crippen LogP contribution in [-0.4, -0.2) is 11.0 Å².